The molecule has 0 saturated carbocycles. The minimum absolute atomic E-state index is 0.0821. The maximum absolute atomic E-state index is 12.5. The third-order valence-electron chi connectivity index (χ3n) is 7.35. The van der Waals surface area contributed by atoms with Crippen molar-refractivity contribution < 1.29 is 13.0 Å². The SMILES string of the molecule is Cc1cc(NCc2ccccc2)ccc1C(c1ccc(NCc2ccccc2)cc1C)c1ccccc1S(=O)(=O)O. The lowest BCUT2D eigenvalue weighted by molar-refractivity contribution is 0.482. The summed E-state index contributed by atoms with van der Waals surface area (Å²) in [4.78, 5) is -0.0821. The second-order valence-corrected chi connectivity index (χ2v) is 11.7. The Labute approximate surface area is 242 Å². The zero-order chi connectivity index (χ0) is 28.8. The summed E-state index contributed by atoms with van der Waals surface area (Å²) in [6, 6.07) is 39.4. The summed E-state index contributed by atoms with van der Waals surface area (Å²) in [5.74, 6) is -0.403. The zero-order valence-corrected chi connectivity index (χ0v) is 24.0. The van der Waals surface area contributed by atoms with E-state index in [1.165, 1.54) is 17.2 Å². The van der Waals surface area contributed by atoms with Gasteiger partial charge in [0.1, 0.15) is 0 Å². The first kappa shape index (κ1) is 28.1. The predicted molar refractivity (Wildman–Crippen MR) is 167 cm³/mol. The fourth-order valence-corrected chi connectivity index (χ4v) is 6.01. The lowest BCUT2D eigenvalue weighted by atomic mass is 9.81. The van der Waals surface area contributed by atoms with Gasteiger partial charge in [0.15, 0.2) is 0 Å². The average molecular weight is 563 g/mol. The molecule has 41 heavy (non-hydrogen) atoms. The van der Waals surface area contributed by atoms with Crippen molar-refractivity contribution in [3.05, 3.63) is 160 Å². The molecular weight excluding hydrogens is 528 g/mol. The van der Waals surface area contributed by atoms with Gasteiger partial charge in [-0.05, 0) is 83.1 Å². The first-order valence-electron chi connectivity index (χ1n) is 13.6. The molecule has 0 bridgehead atoms. The normalized spacial score (nSPS) is 11.4. The monoisotopic (exact) mass is 562 g/mol. The van der Waals surface area contributed by atoms with Crippen LogP contribution in [0.4, 0.5) is 11.4 Å². The molecule has 0 heterocycles. The van der Waals surface area contributed by atoms with Crippen LogP contribution in [0.1, 0.15) is 44.9 Å². The number of aryl methyl sites for hydroxylation is 2. The molecule has 6 heteroatoms. The van der Waals surface area contributed by atoms with Crippen LogP contribution in [0.3, 0.4) is 0 Å². The summed E-state index contributed by atoms with van der Waals surface area (Å²) in [6.07, 6.45) is 0. The Morgan fingerprint density at radius 1 is 0.585 bits per heavy atom. The fourth-order valence-electron chi connectivity index (χ4n) is 5.28. The molecule has 5 aromatic rings. The lowest BCUT2D eigenvalue weighted by Gasteiger charge is -2.25. The first-order valence-corrected chi connectivity index (χ1v) is 15.1. The molecule has 0 unspecified atom stereocenters. The van der Waals surface area contributed by atoms with Gasteiger partial charge in [-0.3, -0.25) is 4.55 Å². The topological polar surface area (TPSA) is 78.4 Å². The minimum Gasteiger partial charge on any atom is -0.381 e. The van der Waals surface area contributed by atoms with Gasteiger partial charge in [0.05, 0.1) is 4.90 Å². The van der Waals surface area contributed by atoms with Crippen LogP contribution in [-0.4, -0.2) is 13.0 Å². The van der Waals surface area contributed by atoms with E-state index < -0.39 is 16.0 Å². The van der Waals surface area contributed by atoms with Crippen molar-refractivity contribution in [3.63, 3.8) is 0 Å². The molecular formula is C35H34N2O3S. The minimum atomic E-state index is -4.44. The van der Waals surface area contributed by atoms with Crippen LogP contribution in [0.2, 0.25) is 0 Å². The summed E-state index contributed by atoms with van der Waals surface area (Å²) in [5, 5.41) is 6.97. The molecule has 0 spiro atoms. The Morgan fingerprint density at radius 2 is 1.02 bits per heavy atom. The molecule has 5 nitrogen and oxygen atoms in total. The van der Waals surface area contributed by atoms with E-state index in [-0.39, 0.29) is 4.90 Å². The van der Waals surface area contributed by atoms with E-state index in [1.54, 1.807) is 12.1 Å². The summed E-state index contributed by atoms with van der Waals surface area (Å²) >= 11 is 0. The standard InChI is InChI=1S/C35H34N2O3S/c1-25-21-29(36-23-27-11-5-3-6-12-27)17-19-31(25)35(33-15-9-10-16-34(33)41(38,39)40)32-20-18-30(22-26(32)2)37-24-28-13-7-4-8-14-28/h3-22,35-37H,23-24H2,1-2H3,(H,38,39,40). The highest BCUT2D eigenvalue weighted by molar-refractivity contribution is 7.85. The Morgan fingerprint density at radius 3 is 1.46 bits per heavy atom. The van der Waals surface area contributed by atoms with E-state index in [0.29, 0.717) is 18.7 Å². The van der Waals surface area contributed by atoms with Crippen LogP contribution in [0, 0.1) is 13.8 Å². The zero-order valence-electron chi connectivity index (χ0n) is 23.2. The van der Waals surface area contributed by atoms with E-state index in [2.05, 4.69) is 59.2 Å². The third kappa shape index (κ3) is 6.85. The van der Waals surface area contributed by atoms with Gasteiger partial charge in [-0.1, -0.05) is 91.0 Å². The molecule has 0 saturated heterocycles. The van der Waals surface area contributed by atoms with Crippen molar-refractivity contribution in [1.29, 1.82) is 0 Å². The van der Waals surface area contributed by atoms with Gasteiger partial charge in [0.2, 0.25) is 0 Å². The quantitative estimate of drug-likeness (QED) is 0.119. The van der Waals surface area contributed by atoms with Gasteiger partial charge in [-0.25, -0.2) is 0 Å². The Kier molecular flexibility index (Phi) is 8.53. The van der Waals surface area contributed by atoms with Gasteiger partial charge in [0.25, 0.3) is 10.1 Å². The van der Waals surface area contributed by atoms with Crippen LogP contribution >= 0.6 is 0 Å². The predicted octanol–water partition coefficient (Wildman–Crippen LogP) is 7.95. The summed E-state index contributed by atoms with van der Waals surface area (Å²) in [5.41, 5.74) is 8.85. The molecule has 0 aliphatic heterocycles. The van der Waals surface area contributed by atoms with Crippen LogP contribution in [0.15, 0.2) is 126 Å². The van der Waals surface area contributed by atoms with Crippen molar-refractivity contribution >= 4 is 21.5 Å². The fraction of sp³-hybridized carbons (Fsp3) is 0.143. The number of nitrogens with one attached hydrogen (secondary N) is 2. The van der Waals surface area contributed by atoms with Crippen molar-refractivity contribution in [2.45, 2.75) is 37.8 Å². The maximum atomic E-state index is 12.5. The molecule has 208 valence electrons. The van der Waals surface area contributed by atoms with Crippen molar-refractivity contribution in [2.24, 2.45) is 0 Å². The molecule has 0 aliphatic rings. The lowest BCUT2D eigenvalue weighted by Crippen LogP contribution is -2.13. The average Bonchev–Trinajstić information content (AvgIpc) is 2.98. The Hall–Kier alpha value is -4.39. The summed E-state index contributed by atoms with van der Waals surface area (Å²) in [6.45, 7) is 5.48. The Bertz CT molecular complexity index is 1640. The van der Waals surface area contributed by atoms with Crippen molar-refractivity contribution in [3.8, 4) is 0 Å². The highest BCUT2D eigenvalue weighted by Gasteiger charge is 2.27. The maximum Gasteiger partial charge on any atom is 0.294 e. The Balaban J connectivity index is 1.52. The van der Waals surface area contributed by atoms with Crippen LogP contribution in [-0.2, 0) is 23.2 Å². The highest BCUT2D eigenvalue weighted by atomic mass is 32.2. The molecule has 0 aliphatic carbocycles. The molecule has 0 fully saturated rings. The number of hydrogen-bond donors (Lipinski definition) is 3. The first-order chi connectivity index (χ1) is 19.8. The van der Waals surface area contributed by atoms with Gasteiger partial charge in [-0.15, -0.1) is 0 Å². The highest BCUT2D eigenvalue weighted by Crippen LogP contribution is 2.39. The molecule has 5 rings (SSSR count). The van der Waals surface area contributed by atoms with E-state index >= 15 is 0 Å². The molecule has 3 N–H and O–H groups in total. The van der Waals surface area contributed by atoms with Gasteiger partial charge < -0.3 is 10.6 Å². The largest absolute Gasteiger partial charge is 0.381 e. The second-order valence-electron chi connectivity index (χ2n) is 10.3. The van der Waals surface area contributed by atoms with Gasteiger partial charge in [0, 0.05) is 30.4 Å². The smallest absolute Gasteiger partial charge is 0.294 e. The van der Waals surface area contributed by atoms with Gasteiger partial charge in [-0.2, -0.15) is 8.42 Å². The van der Waals surface area contributed by atoms with E-state index in [0.717, 1.165) is 33.6 Å². The van der Waals surface area contributed by atoms with E-state index in [9.17, 15) is 13.0 Å². The van der Waals surface area contributed by atoms with E-state index in [1.807, 2.05) is 68.4 Å². The molecule has 0 amide bonds. The van der Waals surface area contributed by atoms with Crippen molar-refractivity contribution in [2.75, 3.05) is 10.6 Å². The molecule has 0 radical (unpaired) electrons. The molecule has 5 aromatic carbocycles. The van der Waals surface area contributed by atoms with Crippen LogP contribution < -0.4 is 10.6 Å². The van der Waals surface area contributed by atoms with Crippen LogP contribution in [0.5, 0.6) is 0 Å². The van der Waals surface area contributed by atoms with Gasteiger partial charge >= 0.3 is 0 Å². The second kappa shape index (κ2) is 12.4. The third-order valence-corrected chi connectivity index (χ3v) is 8.28. The number of benzene rings is 5. The molecule has 0 aromatic heterocycles. The van der Waals surface area contributed by atoms with E-state index in [4.69, 9.17) is 0 Å². The van der Waals surface area contributed by atoms with Crippen molar-refractivity contribution in [1.82, 2.24) is 0 Å². The number of anilines is 2. The summed E-state index contributed by atoms with van der Waals surface area (Å²) in [7, 11) is -4.44. The number of hydrogen-bond acceptors (Lipinski definition) is 4. The summed E-state index contributed by atoms with van der Waals surface area (Å²) < 4.78 is 35.1. The van der Waals surface area contributed by atoms with Crippen LogP contribution in [0.25, 0.3) is 0 Å². The molecule has 0 atom stereocenters. The number of rotatable bonds is 10.